The highest BCUT2D eigenvalue weighted by Gasteiger charge is 2.35. The van der Waals surface area contributed by atoms with E-state index in [2.05, 4.69) is 63.8 Å². The molecule has 2 heterocycles. The van der Waals surface area contributed by atoms with Gasteiger partial charge in [-0.25, -0.2) is 0 Å². The van der Waals surface area contributed by atoms with Crippen molar-refractivity contribution in [2.45, 2.75) is 51.2 Å². The molecule has 110 valence electrons. The van der Waals surface area contributed by atoms with Crippen LogP contribution in [-0.4, -0.2) is 41.5 Å². The molecule has 2 saturated heterocycles. The first-order valence-electron chi connectivity index (χ1n) is 7.90. The van der Waals surface area contributed by atoms with Gasteiger partial charge in [-0.05, 0) is 50.9 Å². The lowest BCUT2D eigenvalue weighted by Gasteiger charge is -2.49. The summed E-state index contributed by atoms with van der Waals surface area (Å²) in [6.07, 6.45) is 4.19. The summed E-state index contributed by atoms with van der Waals surface area (Å²) in [5, 5.41) is 0. The lowest BCUT2D eigenvalue weighted by Crippen LogP contribution is -2.58. The smallest absolute Gasteiger partial charge is 0.0324 e. The van der Waals surface area contributed by atoms with E-state index < -0.39 is 0 Å². The van der Waals surface area contributed by atoms with Crippen molar-refractivity contribution in [3.8, 4) is 0 Å². The first-order valence-corrected chi connectivity index (χ1v) is 8.69. The molecule has 2 fully saturated rings. The molecular weight excluding hydrogens is 312 g/mol. The van der Waals surface area contributed by atoms with Crippen LogP contribution in [-0.2, 0) is 0 Å². The number of piperidine rings is 1. The number of hydrogen-bond donors (Lipinski definition) is 0. The molecule has 2 aliphatic heterocycles. The van der Waals surface area contributed by atoms with Crippen LogP contribution in [0.5, 0.6) is 0 Å². The molecule has 2 nitrogen and oxygen atoms in total. The molecule has 0 saturated carbocycles. The maximum absolute atomic E-state index is 3.60. The Bertz CT molecular complexity index is 462. The molecule has 1 aromatic rings. The van der Waals surface area contributed by atoms with Crippen molar-refractivity contribution in [3.05, 3.63) is 34.3 Å². The predicted molar refractivity (Wildman–Crippen MR) is 87.9 cm³/mol. The lowest BCUT2D eigenvalue weighted by molar-refractivity contribution is -0.00460. The number of fused-ring (bicyclic) bond motifs is 1. The van der Waals surface area contributed by atoms with Gasteiger partial charge in [-0.15, -0.1) is 0 Å². The van der Waals surface area contributed by atoms with E-state index in [4.69, 9.17) is 0 Å². The first kappa shape index (κ1) is 14.6. The minimum Gasteiger partial charge on any atom is -0.298 e. The molecule has 3 heteroatoms. The van der Waals surface area contributed by atoms with E-state index in [9.17, 15) is 0 Å². The van der Waals surface area contributed by atoms with E-state index in [0.29, 0.717) is 12.1 Å². The standard InChI is InChI=1S/C17H25BrN2/c1-13-11-19-9-4-3-8-17(19)12-20(13)14(2)15-6-5-7-16(18)10-15/h5-7,10,13-14,17H,3-4,8-9,11-12H2,1-2H3. The van der Waals surface area contributed by atoms with Crippen LogP contribution in [0.15, 0.2) is 28.7 Å². The second kappa shape index (κ2) is 6.17. The molecule has 3 atom stereocenters. The molecule has 0 amide bonds. The first-order chi connectivity index (χ1) is 9.65. The Balaban J connectivity index is 1.75. The van der Waals surface area contributed by atoms with Crippen LogP contribution in [0.25, 0.3) is 0 Å². The summed E-state index contributed by atoms with van der Waals surface area (Å²) in [6.45, 7) is 8.53. The van der Waals surface area contributed by atoms with Gasteiger partial charge < -0.3 is 0 Å². The maximum Gasteiger partial charge on any atom is 0.0324 e. The van der Waals surface area contributed by atoms with E-state index in [1.54, 1.807) is 0 Å². The van der Waals surface area contributed by atoms with E-state index in [-0.39, 0.29) is 0 Å². The number of halogens is 1. The quantitative estimate of drug-likeness (QED) is 0.803. The predicted octanol–water partition coefficient (Wildman–Crippen LogP) is 4.07. The number of hydrogen-bond acceptors (Lipinski definition) is 2. The molecule has 0 radical (unpaired) electrons. The molecule has 3 rings (SSSR count). The van der Waals surface area contributed by atoms with Crippen molar-refractivity contribution < 1.29 is 0 Å². The van der Waals surface area contributed by atoms with Gasteiger partial charge in [0.2, 0.25) is 0 Å². The van der Waals surface area contributed by atoms with Gasteiger partial charge in [0, 0.05) is 35.7 Å². The zero-order valence-electron chi connectivity index (χ0n) is 12.6. The van der Waals surface area contributed by atoms with Crippen LogP contribution in [0.1, 0.15) is 44.7 Å². The summed E-state index contributed by atoms with van der Waals surface area (Å²) in [5.74, 6) is 0. The molecule has 0 aromatic heterocycles. The Labute approximate surface area is 131 Å². The second-order valence-electron chi connectivity index (χ2n) is 6.42. The fourth-order valence-electron chi connectivity index (χ4n) is 3.87. The number of piperazine rings is 1. The third kappa shape index (κ3) is 2.95. The Kier molecular flexibility index (Phi) is 4.49. The Hall–Kier alpha value is -0.380. The van der Waals surface area contributed by atoms with Gasteiger partial charge >= 0.3 is 0 Å². The summed E-state index contributed by atoms with van der Waals surface area (Å²) in [4.78, 5) is 5.42. The minimum atomic E-state index is 0.506. The highest BCUT2D eigenvalue weighted by molar-refractivity contribution is 9.10. The third-order valence-electron chi connectivity index (χ3n) is 5.06. The third-order valence-corrected chi connectivity index (χ3v) is 5.56. The number of benzene rings is 1. The van der Waals surface area contributed by atoms with Crippen LogP contribution >= 0.6 is 15.9 Å². The zero-order valence-corrected chi connectivity index (χ0v) is 14.1. The summed E-state index contributed by atoms with van der Waals surface area (Å²) >= 11 is 3.60. The molecule has 2 aliphatic rings. The largest absolute Gasteiger partial charge is 0.298 e. The number of nitrogens with zero attached hydrogens (tertiary/aromatic N) is 2. The van der Waals surface area contributed by atoms with Crippen molar-refractivity contribution in [2.75, 3.05) is 19.6 Å². The molecule has 0 bridgehead atoms. The summed E-state index contributed by atoms with van der Waals surface area (Å²) in [7, 11) is 0. The van der Waals surface area contributed by atoms with Crippen molar-refractivity contribution in [2.24, 2.45) is 0 Å². The molecule has 0 spiro atoms. The van der Waals surface area contributed by atoms with E-state index in [1.165, 1.54) is 48.9 Å². The van der Waals surface area contributed by atoms with Crippen LogP contribution in [0.4, 0.5) is 0 Å². The van der Waals surface area contributed by atoms with Crippen LogP contribution in [0.3, 0.4) is 0 Å². The monoisotopic (exact) mass is 336 g/mol. The zero-order chi connectivity index (χ0) is 14.1. The molecule has 0 aliphatic carbocycles. The van der Waals surface area contributed by atoms with Gasteiger partial charge in [-0.3, -0.25) is 9.80 Å². The highest BCUT2D eigenvalue weighted by Crippen LogP contribution is 2.31. The Morgan fingerprint density at radius 2 is 2.10 bits per heavy atom. The average Bonchev–Trinajstić information content (AvgIpc) is 2.46. The molecule has 1 aromatic carbocycles. The lowest BCUT2D eigenvalue weighted by atomic mass is 9.94. The van der Waals surface area contributed by atoms with Crippen molar-refractivity contribution in [3.63, 3.8) is 0 Å². The van der Waals surface area contributed by atoms with Gasteiger partial charge in [-0.2, -0.15) is 0 Å². The van der Waals surface area contributed by atoms with Gasteiger partial charge in [0.25, 0.3) is 0 Å². The van der Waals surface area contributed by atoms with Crippen molar-refractivity contribution in [1.29, 1.82) is 0 Å². The number of rotatable bonds is 2. The highest BCUT2D eigenvalue weighted by atomic mass is 79.9. The molecule has 20 heavy (non-hydrogen) atoms. The van der Waals surface area contributed by atoms with Crippen LogP contribution in [0, 0.1) is 0 Å². The summed E-state index contributed by atoms with van der Waals surface area (Å²) in [6, 6.07) is 10.7. The van der Waals surface area contributed by atoms with Crippen molar-refractivity contribution in [1.82, 2.24) is 9.80 Å². The normalized spacial score (nSPS) is 29.9. The van der Waals surface area contributed by atoms with Gasteiger partial charge in [0.15, 0.2) is 0 Å². The summed E-state index contributed by atoms with van der Waals surface area (Å²) < 4.78 is 1.19. The average molecular weight is 337 g/mol. The molecule has 3 unspecified atom stereocenters. The Morgan fingerprint density at radius 1 is 1.25 bits per heavy atom. The van der Waals surface area contributed by atoms with Crippen LogP contribution < -0.4 is 0 Å². The van der Waals surface area contributed by atoms with E-state index in [1.807, 2.05) is 0 Å². The van der Waals surface area contributed by atoms with Gasteiger partial charge in [0.1, 0.15) is 0 Å². The SMILES string of the molecule is CC1CN2CCCCC2CN1C(C)c1cccc(Br)c1. The minimum absolute atomic E-state index is 0.506. The molecule has 0 N–H and O–H groups in total. The van der Waals surface area contributed by atoms with Gasteiger partial charge in [-0.1, -0.05) is 34.5 Å². The summed E-state index contributed by atoms with van der Waals surface area (Å²) in [5.41, 5.74) is 1.43. The second-order valence-corrected chi connectivity index (χ2v) is 7.34. The molecular formula is C17H25BrN2. The fourth-order valence-corrected chi connectivity index (χ4v) is 4.29. The Morgan fingerprint density at radius 3 is 2.90 bits per heavy atom. The maximum atomic E-state index is 3.60. The van der Waals surface area contributed by atoms with Crippen LogP contribution in [0.2, 0.25) is 0 Å². The topological polar surface area (TPSA) is 6.48 Å². The van der Waals surface area contributed by atoms with E-state index >= 15 is 0 Å². The van der Waals surface area contributed by atoms with Gasteiger partial charge in [0.05, 0.1) is 0 Å². The fraction of sp³-hybridized carbons (Fsp3) is 0.647. The van der Waals surface area contributed by atoms with E-state index in [0.717, 1.165) is 6.04 Å². The van der Waals surface area contributed by atoms with Crippen molar-refractivity contribution >= 4 is 15.9 Å².